The zero-order chi connectivity index (χ0) is 11.2. The van der Waals surface area contributed by atoms with Gasteiger partial charge in [0, 0.05) is 6.54 Å². The van der Waals surface area contributed by atoms with Gasteiger partial charge >= 0.3 is 0 Å². The van der Waals surface area contributed by atoms with Gasteiger partial charge in [0.1, 0.15) is 5.75 Å². The molecule has 3 N–H and O–H groups in total. The minimum atomic E-state index is 0.725. The Morgan fingerprint density at radius 2 is 2.00 bits per heavy atom. The molecule has 0 fully saturated rings. The quantitative estimate of drug-likeness (QED) is 0.452. The number of ether oxygens (including phenoxy) is 1. The van der Waals surface area contributed by atoms with Gasteiger partial charge in [0.05, 0.1) is 6.61 Å². The lowest BCUT2D eigenvalue weighted by Gasteiger charge is -2.16. The van der Waals surface area contributed by atoms with Crippen molar-refractivity contribution in [1.82, 2.24) is 5.43 Å². The van der Waals surface area contributed by atoms with E-state index in [4.69, 9.17) is 10.6 Å². The van der Waals surface area contributed by atoms with Crippen LogP contribution in [0.25, 0.3) is 0 Å². The third-order valence-electron chi connectivity index (χ3n) is 3.05. The number of nitrogens with two attached hydrogens (primary N) is 1. The molecule has 0 saturated heterocycles. The van der Waals surface area contributed by atoms with Crippen LogP contribution in [-0.2, 0) is 12.8 Å². The third-order valence-corrected chi connectivity index (χ3v) is 3.05. The van der Waals surface area contributed by atoms with Crippen molar-refractivity contribution in [3.05, 3.63) is 29.3 Å². The van der Waals surface area contributed by atoms with E-state index in [0.29, 0.717) is 0 Å². The zero-order valence-electron chi connectivity index (χ0n) is 9.67. The fourth-order valence-electron chi connectivity index (χ4n) is 2.16. The Labute approximate surface area is 97.0 Å². The van der Waals surface area contributed by atoms with Crippen molar-refractivity contribution in [3.63, 3.8) is 0 Å². The second-order valence-corrected chi connectivity index (χ2v) is 4.29. The monoisotopic (exact) mass is 220 g/mol. The van der Waals surface area contributed by atoms with Gasteiger partial charge in [-0.3, -0.25) is 11.3 Å². The normalized spacial score (nSPS) is 14.6. The summed E-state index contributed by atoms with van der Waals surface area (Å²) in [6.45, 7) is 1.52. The number of hydrogen-bond acceptors (Lipinski definition) is 3. The van der Waals surface area contributed by atoms with Crippen molar-refractivity contribution in [2.75, 3.05) is 13.2 Å². The minimum absolute atomic E-state index is 0.725. The second-order valence-electron chi connectivity index (χ2n) is 4.29. The van der Waals surface area contributed by atoms with Gasteiger partial charge in [0.25, 0.3) is 0 Å². The van der Waals surface area contributed by atoms with Crippen molar-refractivity contribution in [2.24, 2.45) is 5.84 Å². The number of rotatable bonds is 5. The van der Waals surface area contributed by atoms with Crippen LogP contribution in [-0.4, -0.2) is 13.2 Å². The highest BCUT2D eigenvalue weighted by atomic mass is 16.5. The molecule has 0 atom stereocenters. The molecule has 0 saturated carbocycles. The zero-order valence-corrected chi connectivity index (χ0v) is 9.67. The van der Waals surface area contributed by atoms with Crippen molar-refractivity contribution in [3.8, 4) is 5.75 Å². The summed E-state index contributed by atoms with van der Waals surface area (Å²) in [7, 11) is 0. The molecule has 1 aliphatic rings. The Bertz CT molecular complexity index is 339. The highest BCUT2D eigenvalue weighted by Gasteiger charge is 2.09. The summed E-state index contributed by atoms with van der Waals surface area (Å²) in [4.78, 5) is 0. The van der Waals surface area contributed by atoms with E-state index in [1.165, 1.54) is 36.8 Å². The summed E-state index contributed by atoms with van der Waals surface area (Å²) < 4.78 is 5.68. The van der Waals surface area contributed by atoms with Crippen LogP contribution in [0.2, 0.25) is 0 Å². The fourth-order valence-corrected chi connectivity index (χ4v) is 2.16. The molecule has 0 heterocycles. The predicted molar refractivity (Wildman–Crippen MR) is 65.4 cm³/mol. The van der Waals surface area contributed by atoms with E-state index in [-0.39, 0.29) is 0 Å². The predicted octanol–water partition coefficient (Wildman–Crippen LogP) is 1.80. The average Bonchev–Trinajstić information content (AvgIpc) is 2.34. The Balaban J connectivity index is 1.90. The highest BCUT2D eigenvalue weighted by Crippen LogP contribution is 2.25. The Kier molecular flexibility index (Phi) is 4.19. The van der Waals surface area contributed by atoms with Gasteiger partial charge in [-0.25, -0.2) is 0 Å². The summed E-state index contributed by atoms with van der Waals surface area (Å²) >= 11 is 0. The first kappa shape index (κ1) is 11.4. The van der Waals surface area contributed by atoms with Gasteiger partial charge < -0.3 is 4.74 Å². The van der Waals surface area contributed by atoms with Crippen LogP contribution in [0.4, 0.5) is 0 Å². The van der Waals surface area contributed by atoms with Crippen LogP contribution in [0.5, 0.6) is 5.75 Å². The minimum Gasteiger partial charge on any atom is -0.494 e. The number of fused-ring (bicyclic) bond motifs is 1. The molecule has 3 heteroatoms. The van der Waals surface area contributed by atoms with E-state index in [2.05, 4.69) is 23.6 Å². The molecule has 0 radical (unpaired) electrons. The van der Waals surface area contributed by atoms with E-state index < -0.39 is 0 Å². The SMILES string of the molecule is NNCCCOc1ccc2c(c1)CCCC2. The maximum Gasteiger partial charge on any atom is 0.119 e. The second kappa shape index (κ2) is 5.87. The molecule has 0 aliphatic heterocycles. The highest BCUT2D eigenvalue weighted by molar-refractivity contribution is 5.37. The number of nitrogens with one attached hydrogen (secondary N) is 1. The van der Waals surface area contributed by atoms with E-state index in [1.54, 1.807) is 0 Å². The van der Waals surface area contributed by atoms with Crippen LogP contribution in [0.1, 0.15) is 30.4 Å². The topological polar surface area (TPSA) is 47.3 Å². The molecule has 2 rings (SSSR count). The molecule has 0 bridgehead atoms. The lowest BCUT2D eigenvalue weighted by molar-refractivity contribution is 0.308. The smallest absolute Gasteiger partial charge is 0.119 e. The molecule has 16 heavy (non-hydrogen) atoms. The number of benzene rings is 1. The maximum atomic E-state index is 5.68. The van der Waals surface area contributed by atoms with Gasteiger partial charge in [-0.15, -0.1) is 0 Å². The summed E-state index contributed by atoms with van der Waals surface area (Å²) in [6, 6.07) is 6.50. The first-order valence-corrected chi connectivity index (χ1v) is 6.08. The van der Waals surface area contributed by atoms with E-state index in [0.717, 1.165) is 25.3 Å². The van der Waals surface area contributed by atoms with Crippen LogP contribution in [0, 0.1) is 0 Å². The van der Waals surface area contributed by atoms with Crippen LogP contribution in [0.3, 0.4) is 0 Å². The van der Waals surface area contributed by atoms with Gasteiger partial charge in [-0.2, -0.15) is 0 Å². The van der Waals surface area contributed by atoms with Gasteiger partial charge in [0.2, 0.25) is 0 Å². The molecule has 0 spiro atoms. The number of hydrogen-bond donors (Lipinski definition) is 2. The summed E-state index contributed by atoms with van der Waals surface area (Å²) in [6.07, 6.45) is 6.01. The summed E-state index contributed by atoms with van der Waals surface area (Å²) in [5, 5.41) is 0. The van der Waals surface area contributed by atoms with Gasteiger partial charge in [0.15, 0.2) is 0 Å². The third kappa shape index (κ3) is 2.97. The van der Waals surface area contributed by atoms with Crippen LogP contribution in [0.15, 0.2) is 18.2 Å². The Hall–Kier alpha value is -1.06. The van der Waals surface area contributed by atoms with Gasteiger partial charge in [-0.1, -0.05) is 6.07 Å². The fraction of sp³-hybridized carbons (Fsp3) is 0.538. The van der Waals surface area contributed by atoms with E-state index >= 15 is 0 Å². The molecule has 0 unspecified atom stereocenters. The summed E-state index contributed by atoms with van der Waals surface area (Å²) in [5.41, 5.74) is 5.60. The van der Waals surface area contributed by atoms with E-state index in [1.807, 2.05) is 0 Å². The lowest BCUT2D eigenvalue weighted by Crippen LogP contribution is -2.24. The van der Waals surface area contributed by atoms with Crippen molar-refractivity contribution in [2.45, 2.75) is 32.1 Å². The molecule has 88 valence electrons. The summed E-state index contributed by atoms with van der Waals surface area (Å²) in [5.74, 6) is 6.19. The van der Waals surface area contributed by atoms with Crippen molar-refractivity contribution < 1.29 is 4.74 Å². The standard InChI is InChI=1S/C13H20N2O/c14-15-8-3-9-16-13-7-6-11-4-1-2-5-12(11)10-13/h6-7,10,15H,1-5,8-9,14H2. The molecular weight excluding hydrogens is 200 g/mol. The maximum absolute atomic E-state index is 5.68. The van der Waals surface area contributed by atoms with Gasteiger partial charge in [-0.05, 0) is 55.4 Å². The number of hydrazine groups is 1. The van der Waals surface area contributed by atoms with E-state index in [9.17, 15) is 0 Å². The Morgan fingerprint density at radius 1 is 1.19 bits per heavy atom. The molecular formula is C13H20N2O. The molecule has 1 aromatic carbocycles. The Morgan fingerprint density at radius 3 is 2.81 bits per heavy atom. The molecule has 0 aromatic heterocycles. The van der Waals surface area contributed by atoms with Crippen LogP contribution >= 0.6 is 0 Å². The molecule has 3 nitrogen and oxygen atoms in total. The molecule has 1 aromatic rings. The van der Waals surface area contributed by atoms with Crippen molar-refractivity contribution >= 4 is 0 Å². The first-order chi connectivity index (χ1) is 7.90. The average molecular weight is 220 g/mol. The molecule has 1 aliphatic carbocycles. The number of aryl methyl sites for hydroxylation is 2. The largest absolute Gasteiger partial charge is 0.494 e. The van der Waals surface area contributed by atoms with Crippen LogP contribution < -0.4 is 16.0 Å². The van der Waals surface area contributed by atoms with Crippen molar-refractivity contribution in [1.29, 1.82) is 0 Å². The molecule has 0 amide bonds. The lowest BCUT2D eigenvalue weighted by atomic mass is 9.92. The first-order valence-electron chi connectivity index (χ1n) is 6.08.